The lowest BCUT2D eigenvalue weighted by Gasteiger charge is -2.22. The molecule has 3 N–H and O–H groups in total. The summed E-state index contributed by atoms with van der Waals surface area (Å²) in [6.45, 7) is 3.50. The van der Waals surface area contributed by atoms with Gasteiger partial charge in [-0.15, -0.1) is 0 Å². The molecule has 1 aliphatic rings. The van der Waals surface area contributed by atoms with Gasteiger partial charge in [0.15, 0.2) is 6.61 Å². The summed E-state index contributed by atoms with van der Waals surface area (Å²) >= 11 is 0. The second-order valence-electron chi connectivity index (χ2n) is 5.11. The number of rotatable bonds is 7. The van der Waals surface area contributed by atoms with Crippen molar-refractivity contribution in [3.63, 3.8) is 0 Å². The number of carbonyl (C=O) groups is 1. The van der Waals surface area contributed by atoms with Crippen LogP contribution in [-0.4, -0.2) is 32.3 Å². The monoisotopic (exact) mass is 278 g/mol. The van der Waals surface area contributed by atoms with Gasteiger partial charge in [-0.2, -0.15) is 0 Å². The minimum Gasteiger partial charge on any atom is -0.484 e. The zero-order valence-electron chi connectivity index (χ0n) is 11.6. The van der Waals surface area contributed by atoms with Crippen LogP contribution in [0.2, 0.25) is 0 Å². The van der Waals surface area contributed by atoms with Crippen LogP contribution >= 0.6 is 0 Å². The van der Waals surface area contributed by atoms with Crippen molar-refractivity contribution in [2.75, 3.05) is 26.4 Å². The molecular formula is C15H22N2O3. The first-order valence-corrected chi connectivity index (χ1v) is 7.02. The largest absolute Gasteiger partial charge is 0.484 e. The summed E-state index contributed by atoms with van der Waals surface area (Å²) in [7, 11) is 0. The van der Waals surface area contributed by atoms with Gasteiger partial charge in [-0.25, -0.2) is 0 Å². The third-order valence-corrected chi connectivity index (χ3v) is 3.32. The van der Waals surface area contributed by atoms with Gasteiger partial charge in [-0.3, -0.25) is 4.79 Å². The fourth-order valence-electron chi connectivity index (χ4n) is 2.25. The number of hydrogen-bond acceptors (Lipinski definition) is 4. The van der Waals surface area contributed by atoms with Crippen molar-refractivity contribution in [1.82, 2.24) is 5.32 Å². The Morgan fingerprint density at radius 1 is 1.40 bits per heavy atom. The van der Waals surface area contributed by atoms with E-state index in [9.17, 15) is 4.79 Å². The van der Waals surface area contributed by atoms with Gasteiger partial charge in [0.2, 0.25) is 0 Å². The van der Waals surface area contributed by atoms with Gasteiger partial charge in [-0.1, -0.05) is 12.1 Å². The van der Waals surface area contributed by atoms with Crippen LogP contribution in [0.1, 0.15) is 18.4 Å². The fourth-order valence-corrected chi connectivity index (χ4v) is 2.25. The van der Waals surface area contributed by atoms with Gasteiger partial charge in [0, 0.05) is 19.7 Å². The molecule has 0 spiro atoms. The summed E-state index contributed by atoms with van der Waals surface area (Å²) in [6.07, 6.45) is 2.41. The third-order valence-electron chi connectivity index (χ3n) is 3.32. The van der Waals surface area contributed by atoms with Gasteiger partial charge < -0.3 is 20.5 Å². The summed E-state index contributed by atoms with van der Waals surface area (Å²) in [5.41, 5.74) is 6.21. The quantitative estimate of drug-likeness (QED) is 0.782. The first-order valence-electron chi connectivity index (χ1n) is 7.02. The Balaban J connectivity index is 1.69. The van der Waals surface area contributed by atoms with E-state index in [1.54, 1.807) is 0 Å². The molecule has 0 bridgehead atoms. The van der Waals surface area contributed by atoms with Crippen molar-refractivity contribution < 1.29 is 14.3 Å². The maximum absolute atomic E-state index is 10.6. The molecule has 1 atom stereocenters. The van der Waals surface area contributed by atoms with Crippen molar-refractivity contribution in [2.24, 2.45) is 11.7 Å². The molecule has 0 aliphatic carbocycles. The third kappa shape index (κ3) is 5.19. The first kappa shape index (κ1) is 14.8. The molecule has 5 heteroatoms. The molecule has 1 fully saturated rings. The van der Waals surface area contributed by atoms with Crippen LogP contribution in [0.5, 0.6) is 5.75 Å². The molecule has 0 aromatic heterocycles. The van der Waals surface area contributed by atoms with Crippen molar-refractivity contribution in [1.29, 1.82) is 0 Å². The molecule has 1 aromatic carbocycles. The first-order chi connectivity index (χ1) is 9.74. The summed E-state index contributed by atoms with van der Waals surface area (Å²) in [6, 6.07) is 7.68. The van der Waals surface area contributed by atoms with Gasteiger partial charge in [-0.05, 0) is 36.5 Å². The number of carbonyl (C=O) groups excluding carboxylic acids is 1. The van der Waals surface area contributed by atoms with E-state index < -0.39 is 5.91 Å². The van der Waals surface area contributed by atoms with Crippen molar-refractivity contribution in [3.05, 3.63) is 29.8 Å². The van der Waals surface area contributed by atoms with Crippen LogP contribution in [0.3, 0.4) is 0 Å². The number of ether oxygens (including phenoxy) is 2. The lowest BCUT2D eigenvalue weighted by molar-refractivity contribution is -0.119. The number of nitrogens with two attached hydrogens (primary N) is 1. The standard InChI is InChI=1S/C15H22N2O3/c16-15(18)11-20-14-5-3-12(4-6-14)8-17-9-13-2-1-7-19-10-13/h3-6,13,17H,1-2,7-11H2,(H2,16,18). The minimum absolute atomic E-state index is 0.0841. The summed E-state index contributed by atoms with van der Waals surface area (Å²) in [4.78, 5) is 10.6. The molecule has 1 aliphatic heterocycles. The van der Waals surface area contributed by atoms with Crippen molar-refractivity contribution >= 4 is 5.91 Å². The summed E-state index contributed by atoms with van der Waals surface area (Å²) in [5, 5.41) is 3.45. The van der Waals surface area contributed by atoms with Gasteiger partial charge in [0.1, 0.15) is 5.75 Å². The fraction of sp³-hybridized carbons (Fsp3) is 0.533. The molecular weight excluding hydrogens is 256 g/mol. The van der Waals surface area contributed by atoms with E-state index in [1.165, 1.54) is 12.0 Å². The van der Waals surface area contributed by atoms with Gasteiger partial charge >= 0.3 is 0 Å². The predicted molar refractivity (Wildman–Crippen MR) is 76.4 cm³/mol. The molecule has 0 radical (unpaired) electrons. The predicted octanol–water partition coefficient (Wildman–Crippen LogP) is 1.07. The lowest BCUT2D eigenvalue weighted by atomic mass is 10.0. The SMILES string of the molecule is NC(=O)COc1ccc(CNCC2CCCOC2)cc1. The van der Waals surface area contributed by atoms with Crippen molar-refractivity contribution in [2.45, 2.75) is 19.4 Å². The molecule has 110 valence electrons. The lowest BCUT2D eigenvalue weighted by Crippen LogP contribution is -2.28. The number of amides is 1. The zero-order chi connectivity index (χ0) is 14.2. The maximum atomic E-state index is 10.6. The molecule has 20 heavy (non-hydrogen) atoms. The number of nitrogens with one attached hydrogen (secondary N) is 1. The number of hydrogen-bond donors (Lipinski definition) is 2. The zero-order valence-corrected chi connectivity index (χ0v) is 11.6. The highest BCUT2D eigenvalue weighted by Gasteiger charge is 2.12. The van der Waals surface area contributed by atoms with E-state index in [2.05, 4.69) is 5.32 Å². The Morgan fingerprint density at radius 2 is 2.20 bits per heavy atom. The van der Waals surface area contributed by atoms with Gasteiger partial charge in [0.05, 0.1) is 6.61 Å². The normalized spacial score (nSPS) is 18.7. The van der Waals surface area contributed by atoms with Crippen LogP contribution in [0.25, 0.3) is 0 Å². The summed E-state index contributed by atoms with van der Waals surface area (Å²) < 4.78 is 10.7. The second kappa shape index (κ2) is 7.87. The molecule has 2 rings (SSSR count). The molecule has 1 aromatic rings. The maximum Gasteiger partial charge on any atom is 0.255 e. The second-order valence-corrected chi connectivity index (χ2v) is 5.11. The molecule has 1 saturated heterocycles. The molecule has 0 saturated carbocycles. The molecule has 5 nitrogen and oxygen atoms in total. The van der Waals surface area contributed by atoms with E-state index >= 15 is 0 Å². The van der Waals surface area contributed by atoms with Crippen LogP contribution in [0.15, 0.2) is 24.3 Å². The Bertz CT molecular complexity index is 414. The average molecular weight is 278 g/mol. The average Bonchev–Trinajstić information content (AvgIpc) is 2.47. The molecule has 1 heterocycles. The van der Waals surface area contributed by atoms with E-state index in [0.29, 0.717) is 11.7 Å². The van der Waals surface area contributed by atoms with Crippen LogP contribution in [0.4, 0.5) is 0 Å². The van der Waals surface area contributed by atoms with E-state index in [1.807, 2.05) is 24.3 Å². The Morgan fingerprint density at radius 3 is 2.85 bits per heavy atom. The summed E-state index contributed by atoms with van der Waals surface area (Å²) in [5.74, 6) is 0.820. The Kier molecular flexibility index (Phi) is 5.83. The highest BCUT2D eigenvalue weighted by Crippen LogP contribution is 2.14. The topological polar surface area (TPSA) is 73.6 Å². The Hall–Kier alpha value is -1.59. The number of benzene rings is 1. The molecule has 1 unspecified atom stereocenters. The molecule has 1 amide bonds. The van der Waals surface area contributed by atoms with Crippen LogP contribution in [0, 0.1) is 5.92 Å². The van der Waals surface area contributed by atoms with E-state index in [0.717, 1.165) is 32.7 Å². The number of primary amides is 1. The smallest absolute Gasteiger partial charge is 0.255 e. The highest BCUT2D eigenvalue weighted by molar-refractivity contribution is 5.75. The van der Waals surface area contributed by atoms with Gasteiger partial charge in [0.25, 0.3) is 5.91 Å². The van der Waals surface area contributed by atoms with E-state index in [-0.39, 0.29) is 6.61 Å². The van der Waals surface area contributed by atoms with Crippen LogP contribution < -0.4 is 15.8 Å². The highest BCUT2D eigenvalue weighted by atomic mass is 16.5. The van der Waals surface area contributed by atoms with E-state index in [4.69, 9.17) is 15.2 Å². The Labute approximate surface area is 119 Å². The van der Waals surface area contributed by atoms with Crippen LogP contribution in [-0.2, 0) is 16.1 Å². The minimum atomic E-state index is -0.467. The van der Waals surface area contributed by atoms with Crippen molar-refractivity contribution in [3.8, 4) is 5.75 Å².